The third-order valence-corrected chi connectivity index (χ3v) is 10.3. The van der Waals surface area contributed by atoms with Gasteiger partial charge in [-0.25, -0.2) is 15.2 Å². The zero-order chi connectivity index (χ0) is 35.0. The molecule has 0 aliphatic carbocycles. The summed E-state index contributed by atoms with van der Waals surface area (Å²) >= 11 is 0. The largest absolute Gasteiger partial charge is 0.279 e. The van der Waals surface area contributed by atoms with Gasteiger partial charge in [-0.15, -0.1) is 0 Å². The SMILES string of the molecule is O=C1CCC(N2CCN(C3CCC(=O)N3OCc3ccccc3)CCN(C3CCC(=O)N3OCc3ccccc3)CC2)N1OCc1ccccc1. The maximum atomic E-state index is 13.2. The molecule has 3 amide bonds. The van der Waals surface area contributed by atoms with Crippen LogP contribution in [-0.4, -0.2) is 105 Å². The number of carbonyl (C=O) groups excluding carboxylic acids is 3. The van der Waals surface area contributed by atoms with Crippen molar-refractivity contribution < 1.29 is 28.9 Å². The highest BCUT2D eigenvalue weighted by Crippen LogP contribution is 2.29. The number of benzene rings is 3. The van der Waals surface area contributed by atoms with Gasteiger partial charge in [0.25, 0.3) is 0 Å². The Hall–Kier alpha value is -4.17. The first-order chi connectivity index (χ1) is 25.0. The predicted octanol–water partition coefficient (Wildman–Crippen LogP) is 4.15. The number of nitrogens with zero attached hydrogens (tertiary/aromatic N) is 6. The zero-order valence-corrected chi connectivity index (χ0v) is 29.1. The van der Waals surface area contributed by atoms with Crippen molar-refractivity contribution in [2.45, 2.75) is 76.8 Å². The van der Waals surface area contributed by atoms with Crippen LogP contribution in [0.4, 0.5) is 0 Å². The highest BCUT2D eigenvalue weighted by atomic mass is 16.7. The zero-order valence-electron chi connectivity index (χ0n) is 29.1. The van der Waals surface area contributed by atoms with E-state index in [0.717, 1.165) is 16.7 Å². The molecular formula is C39H48N6O6. The topological polar surface area (TPSA) is 98.3 Å². The molecule has 12 heteroatoms. The minimum Gasteiger partial charge on any atom is -0.279 e. The summed E-state index contributed by atoms with van der Waals surface area (Å²) in [5.74, 6) is -0.0604. The summed E-state index contributed by atoms with van der Waals surface area (Å²) in [5, 5.41) is 4.72. The molecule has 0 N–H and O–H groups in total. The van der Waals surface area contributed by atoms with Crippen molar-refractivity contribution in [3.63, 3.8) is 0 Å². The first kappa shape index (κ1) is 35.2. The molecule has 0 saturated carbocycles. The van der Waals surface area contributed by atoms with Gasteiger partial charge >= 0.3 is 0 Å². The van der Waals surface area contributed by atoms with Gasteiger partial charge in [0.1, 0.15) is 38.3 Å². The Bertz CT molecular complexity index is 1400. The Kier molecular flexibility index (Phi) is 11.7. The molecule has 12 nitrogen and oxygen atoms in total. The summed E-state index contributed by atoms with van der Waals surface area (Å²) in [6.07, 6.45) is 2.56. The van der Waals surface area contributed by atoms with Crippen LogP contribution in [0.25, 0.3) is 0 Å². The molecule has 270 valence electrons. The molecule has 0 aromatic heterocycles. The van der Waals surface area contributed by atoms with Crippen LogP contribution in [-0.2, 0) is 48.7 Å². The normalized spacial score (nSPS) is 24.4. The fourth-order valence-electron chi connectivity index (χ4n) is 7.56. The van der Waals surface area contributed by atoms with Crippen molar-refractivity contribution in [2.75, 3.05) is 39.3 Å². The van der Waals surface area contributed by atoms with Gasteiger partial charge in [-0.3, -0.25) is 43.6 Å². The predicted molar refractivity (Wildman–Crippen MR) is 188 cm³/mol. The fourth-order valence-corrected chi connectivity index (χ4v) is 7.56. The highest BCUT2D eigenvalue weighted by molar-refractivity contribution is 5.78. The second kappa shape index (κ2) is 16.9. The lowest BCUT2D eigenvalue weighted by Gasteiger charge is -2.37. The molecule has 0 bridgehead atoms. The number of carbonyl (C=O) groups is 3. The van der Waals surface area contributed by atoms with Crippen molar-refractivity contribution >= 4 is 17.7 Å². The highest BCUT2D eigenvalue weighted by Gasteiger charge is 2.42. The Morgan fingerprint density at radius 3 is 0.922 bits per heavy atom. The maximum absolute atomic E-state index is 13.2. The molecule has 4 fully saturated rings. The van der Waals surface area contributed by atoms with Crippen molar-refractivity contribution in [1.82, 2.24) is 29.9 Å². The molecule has 3 aromatic rings. The lowest BCUT2D eigenvalue weighted by atomic mass is 10.2. The summed E-state index contributed by atoms with van der Waals surface area (Å²) in [6, 6.07) is 29.7. The van der Waals surface area contributed by atoms with Crippen LogP contribution in [0, 0.1) is 0 Å². The van der Waals surface area contributed by atoms with Gasteiger partial charge in [-0.2, -0.15) is 0 Å². The van der Waals surface area contributed by atoms with Crippen molar-refractivity contribution in [2.24, 2.45) is 0 Å². The first-order valence-corrected chi connectivity index (χ1v) is 18.2. The summed E-state index contributed by atoms with van der Waals surface area (Å²) in [6.45, 7) is 4.97. The van der Waals surface area contributed by atoms with Crippen molar-refractivity contribution in [1.29, 1.82) is 0 Å². The van der Waals surface area contributed by atoms with Gasteiger partial charge in [0.15, 0.2) is 0 Å². The maximum Gasteiger partial charge on any atom is 0.247 e. The molecule has 4 aliphatic heterocycles. The average Bonchev–Trinajstić information content (AvgIpc) is 3.86. The molecule has 0 radical (unpaired) electrons. The second-order valence-corrected chi connectivity index (χ2v) is 13.6. The van der Waals surface area contributed by atoms with E-state index in [4.69, 9.17) is 14.5 Å². The number of hydrogen-bond donors (Lipinski definition) is 0. The molecular weight excluding hydrogens is 648 g/mol. The fraction of sp³-hybridized carbons (Fsp3) is 0.462. The molecule has 0 spiro atoms. The minimum absolute atomic E-state index is 0.0201. The van der Waals surface area contributed by atoms with E-state index in [2.05, 4.69) is 14.7 Å². The third-order valence-electron chi connectivity index (χ3n) is 10.3. The molecule has 51 heavy (non-hydrogen) atoms. The van der Waals surface area contributed by atoms with E-state index in [0.29, 0.717) is 97.6 Å². The first-order valence-electron chi connectivity index (χ1n) is 18.2. The second-order valence-electron chi connectivity index (χ2n) is 13.6. The number of rotatable bonds is 12. The molecule has 7 rings (SSSR count). The van der Waals surface area contributed by atoms with E-state index in [9.17, 15) is 14.4 Å². The molecule has 3 aromatic carbocycles. The van der Waals surface area contributed by atoms with E-state index in [1.54, 1.807) is 15.2 Å². The van der Waals surface area contributed by atoms with Gasteiger partial charge < -0.3 is 0 Å². The van der Waals surface area contributed by atoms with Gasteiger partial charge in [0.2, 0.25) is 17.7 Å². The van der Waals surface area contributed by atoms with Gasteiger partial charge in [-0.1, -0.05) is 91.0 Å². The van der Waals surface area contributed by atoms with Crippen LogP contribution in [0.3, 0.4) is 0 Å². The van der Waals surface area contributed by atoms with Gasteiger partial charge in [0.05, 0.1) is 0 Å². The Morgan fingerprint density at radius 1 is 0.412 bits per heavy atom. The number of hydrogen-bond acceptors (Lipinski definition) is 9. The van der Waals surface area contributed by atoms with Crippen LogP contribution < -0.4 is 0 Å². The lowest BCUT2D eigenvalue weighted by molar-refractivity contribution is -0.217. The van der Waals surface area contributed by atoms with Crippen LogP contribution in [0.15, 0.2) is 91.0 Å². The van der Waals surface area contributed by atoms with E-state index >= 15 is 0 Å². The molecule has 4 heterocycles. The lowest BCUT2D eigenvalue weighted by Crippen LogP contribution is -2.52. The van der Waals surface area contributed by atoms with E-state index in [1.165, 1.54) is 0 Å². The van der Waals surface area contributed by atoms with E-state index < -0.39 is 0 Å². The van der Waals surface area contributed by atoms with Crippen LogP contribution in [0.1, 0.15) is 55.2 Å². The Labute approximate surface area is 299 Å². The van der Waals surface area contributed by atoms with E-state index in [1.807, 2.05) is 91.0 Å². The number of amides is 3. The summed E-state index contributed by atoms with van der Waals surface area (Å²) in [5.41, 5.74) is 3.00. The third kappa shape index (κ3) is 8.66. The van der Waals surface area contributed by atoms with Crippen molar-refractivity contribution in [3.8, 4) is 0 Å². The van der Waals surface area contributed by atoms with Crippen LogP contribution in [0.5, 0.6) is 0 Å². The molecule has 3 unspecified atom stereocenters. The molecule has 4 saturated heterocycles. The van der Waals surface area contributed by atoms with Crippen LogP contribution >= 0.6 is 0 Å². The molecule has 4 aliphatic rings. The summed E-state index contributed by atoms with van der Waals surface area (Å²) in [7, 11) is 0. The van der Waals surface area contributed by atoms with Gasteiger partial charge in [0, 0.05) is 58.5 Å². The minimum atomic E-state index is -0.228. The standard InChI is InChI=1S/C39H48N6O6/c46-37-19-16-34(43(37)49-28-31-10-4-1-5-11-31)40-22-24-41(35-17-20-38(47)44(35)50-29-32-12-6-2-7-13-32)26-27-42(25-23-40)36-18-21-39(48)45(36)51-30-33-14-8-3-9-15-33/h1-15,34-36H,16-30H2. The monoisotopic (exact) mass is 696 g/mol. The van der Waals surface area contributed by atoms with Crippen molar-refractivity contribution in [3.05, 3.63) is 108 Å². The average molecular weight is 697 g/mol. The van der Waals surface area contributed by atoms with E-state index in [-0.39, 0.29) is 36.2 Å². The molecule has 3 atom stereocenters. The number of hydroxylamine groups is 6. The smallest absolute Gasteiger partial charge is 0.247 e. The Balaban J connectivity index is 1.10. The Morgan fingerprint density at radius 2 is 0.667 bits per heavy atom. The van der Waals surface area contributed by atoms with Crippen LogP contribution in [0.2, 0.25) is 0 Å². The summed E-state index contributed by atoms with van der Waals surface area (Å²) < 4.78 is 0. The quantitative estimate of drug-likeness (QED) is 0.277. The summed E-state index contributed by atoms with van der Waals surface area (Å²) in [4.78, 5) is 65.2. The van der Waals surface area contributed by atoms with Gasteiger partial charge in [-0.05, 0) is 36.0 Å².